The molecule has 13 heavy (non-hydrogen) atoms. The highest BCUT2D eigenvalue weighted by atomic mass is 16.5. The highest BCUT2D eigenvalue weighted by Gasteiger charge is 2.33. The SMILES string of the molecule is CC1(CO)OCNc2ncncc21. The number of ether oxygens (including phenoxy) is 1. The van der Waals surface area contributed by atoms with Crippen molar-refractivity contribution >= 4 is 5.82 Å². The number of aromatic nitrogens is 2. The molecular weight excluding hydrogens is 170 g/mol. The molecule has 1 aliphatic rings. The summed E-state index contributed by atoms with van der Waals surface area (Å²) in [4.78, 5) is 7.95. The van der Waals surface area contributed by atoms with Crippen LogP contribution in [-0.4, -0.2) is 28.4 Å². The molecule has 0 bridgehead atoms. The Bertz CT molecular complexity index is 318. The molecule has 2 heterocycles. The number of nitrogens with one attached hydrogen (secondary N) is 1. The van der Waals surface area contributed by atoms with Gasteiger partial charge in [-0.2, -0.15) is 0 Å². The molecule has 1 unspecified atom stereocenters. The van der Waals surface area contributed by atoms with Crippen molar-refractivity contribution in [3.63, 3.8) is 0 Å². The first-order valence-electron chi connectivity index (χ1n) is 4.05. The standard InChI is InChI=1S/C8H11N3O2/c1-8(3-12)6-2-9-4-10-7(6)11-5-13-8/h2,4,12H,3,5H2,1H3,(H,9,10,11). The van der Waals surface area contributed by atoms with Gasteiger partial charge in [-0.1, -0.05) is 0 Å². The van der Waals surface area contributed by atoms with E-state index in [0.717, 1.165) is 11.4 Å². The van der Waals surface area contributed by atoms with E-state index < -0.39 is 5.60 Å². The van der Waals surface area contributed by atoms with E-state index in [4.69, 9.17) is 4.74 Å². The Morgan fingerprint density at radius 3 is 3.38 bits per heavy atom. The van der Waals surface area contributed by atoms with E-state index >= 15 is 0 Å². The van der Waals surface area contributed by atoms with Gasteiger partial charge in [-0.25, -0.2) is 9.97 Å². The average molecular weight is 181 g/mol. The van der Waals surface area contributed by atoms with Gasteiger partial charge in [0, 0.05) is 11.8 Å². The summed E-state index contributed by atoms with van der Waals surface area (Å²) in [6.07, 6.45) is 3.12. The summed E-state index contributed by atoms with van der Waals surface area (Å²) in [6.45, 7) is 2.10. The lowest BCUT2D eigenvalue weighted by Crippen LogP contribution is -2.37. The average Bonchev–Trinajstić information content (AvgIpc) is 2.19. The molecule has 5 nitrogen and oxygen atoms in total. The van der Waals surface area contributed by atoms with Crippen LogP contribution in [0.3, 0.4) is 0 Å². The van der Waals surface area contributed by atoms with Crippen molar-refractivity contribution in [2.24, 2.45) is 0 Å². The van der Waals surface area contributed by atoms with Crippen molar-refractivity contribution in [1.82, 2.24) is 9.97 Å². The molecular formula is C8H11N3O2. The smallest absolute Gasteiger partial charge is 0.137 e. The second-order valence-electron chi connectivity index (χ2n) is 3.14. The van der Waals surface area contributed by atoms with Crippen LogP contribution in [0.4, 0.5) is 5.82 Å². The lowest BCUT2D eigenvalue weighted by molar-refractivity contribution is -0.0705. The van der Waals surface area contributed by atoms with Crippen LogP contribution in [0.2, 0.25) is 0 Å². The Morgan fingerprint density at radius 2 is 2.62 bits per heavy atom. The lowest BCUT2D eigenvalue weighted by atomic mass is 9.98. The number of hydrogen-bond acceptors (Lipinski definition) is 5. The summed E-state index contributed by atoms with van der Waals surface area (Å²) in [5.74, 6) is 0.734. The van der Waals surface area contributed by atoms with Gasteiger partial charge in [0.05, 0.1) is 6.61 Å². The Balaban J connectivity index is 2.48. The maximum Gasteiger partial charge on any atom is 0.137 e. The molecule has 1 atom stereocenters. The van der Waals surface area contributed by atoms with E-state index in [0.29, 0.717) is 6.73 Å². The number of anilines is 1. The third kappa shape index (κ3) is 1.26. The van der Waals surface area contributed by atoms with Crippen molar-refractivity contribution in [2.45, 2.75) is 12.5 Å². The van der Waals surface area contributed by atoms with Gasteiger partial charge >= 0.3 is 0 Å². The van der Waals surface area contributed by atoms with Crippen molar-refractivity contribution in [1.29, 1.82) is 0 Å². The van der Waals surface area contributed by atoms with Gasteiger partial charge < -0.3 is 15.2 Å². The molecule has 1 aliphatic heterocycles. The van der Waals surface area contributed by atoms with E-state index in [2.05, 4.69) is 15.3 Å². The van der Waals surface area contributed by atoms with Gasteiger partial charge in [0.2, 0.25) is 0 Å². The minimum Gasteiger partial charge on any atom is -0.393 e. The van der Waals surface area contributed by atoms with Crippen LogP contribution in [0.25, 0.3) is 0 Å². The zero-order valence-electron chi connectivity index (χ0n) is 7.32. The van der Waals surface area contributed by atoms with Crippen molar-refractivity contribution in [3.05, 3.63) is 18.1 Å². The van der Waals surface area contributed by atoms with Gasteiger partial charge in [-0.3, -0.25) is 0 Å². The van der Waals surface area contributed by atoms with Crippen molar-refractivity contribution < 1.29 is 9.84 Å². The summed E-state index contributed by atoms with van der Waals surface area (Å²) in [6, 6.07) is 0. The van der Waals surface area contributed by atoms with Crippen LogP contribution in [0, 0.1) is 0 Å². The highest BCUT2D eigenvalue weighted by Crippen LogP contribution is 2.32. The number of nitrogens with zero attached hydrogens (tertiary/aromatic N) is 2. The van der Waals surface area contributed by atoms with Gasteiger partial charge in [0.25, 0.3) is 0 Å². The zero-order chi connectivity index (χ0) is 9.31. The normalized spacial score (nSPS) is 26.3. The van der Waals surface area contributed by atoms with E-state index in [1.807, 2.05) is 6.92 Å². The Hall–Kier alpha value is -1.20. The summed E-state index contributed by atoms with van der Waals surface area (Å²) in [7, 11) is 0. The fraction of sp³-hybridized carbons (Fsp3) is 0.500. The van der Waals surface area contributed by atoms with Crippen LogP contribution >= 0.6 is 0 Å². The first kappa shape index (κ1) is 8.40. The Labute approximate surface area is 75.8 Å². The molecule has 2 N–H and O–H groups in total. The van der Waals surface area contributed by atoms with Crippen molar-refractivity contribution in [3.8, 4) is 0 Å². The molecule has 0 fully saturated rings. The quantitative estimate of drug-likeness (QED) is 0.642. The number of hydrogen-bond donors (Lipinski definition) is 2. The topological polar surface area (TPSA) is 67.3 Å². The maximum absolute atomic E-state index is 9.19. The lowest BCUT2D eigenvalue weighted by Gasteiger charge is -2.33. The number of aliphatic hydroxyl groups is 1. The molecule has 0 saturated carbocycles. The maximum atomic E-state index is 9.19. The fourth-order valence-electron chi connectivity index (χ4n) is 1.33. The van der Waals surface area contributed by atoms with Gasteiger partial charge in [0.15, 0.2) is 0 Å². The summed E-state index contributed by atoms with van der Waals surface area (Å²) in [5.41, 5.74) is 0.116. The van der Waals surface area contributed by atoms with Crippen LogP contribution in [-0.2, 0) is 10.3 Å². The molecule has 0 aromatic carbocycles. The number of rotatable bonds is 1. The second kappa shape index (κ2) is 2.93. The molecule has 70 valence electrons. The molecule has 0 saturated heterocycles. The predicted molar refractivity (Wildman–Crippen MR) is 46.0 cm³/mol. The van der Waals surface area contributed by atoms with E-state index in [1.54, 1.807) is 6.20 Å². The van der Waals surface area contributed by atoms with E-state index in [-0.39, 0.29) is 6.61 Å². The molecule has 0 amide bonds. The Morgan fingerprint density at radius 1 is 1.77 bits per heavy atom. The molecule has 0 radical (unpaired) electrons. The van der Waals surface area contributed by atoms with Crippen LogP contribution < -0.4 is 5.32 Å². The van der Waals surface area contributed by atoms with Crippen molar-refractivity contribution in [2.75, 3.05) is 18.7 Å². The van der Waals surface area contributed by atoms with Gasteiger partial charge in [-0.15, -0.1) is 0 Å². The Kier molecular flexibility index (Phi) is 1.90. The van der Waals surface area contributed by atoms with Crippen LogP contribution in [0.5, 0.6) is 0 Å². The van der Waals surface area contributed by atoms with Gasteiger partial charge in [0.1, 0.15) is 24.5 Å². The summed E-state index contributed by atoms with van der Waals surface area (Å²) in [5, 5.41) is 12.2. The summed E-state index contributed by atoms with van der Waals surface area (Å²) < 4.78 is 5.40. The molecule has 0 spiro atoms. The van der Waals surface area contributed by atoms with E-state index in [9.17, 15) is 5.11 Å². The van der Waals surface area contributed by atoms with Gasteiger partial charge in [-0.05, 0) is 6.92 Å². The van der Waals surface area contributed by atoms with E-state index in [1.165, 1.54) is 6.33 Å². The molecule has 5 heteroatoms. The third-order valence-corrected chi connectivity index (χ3v) is 2.21. The highest BCUT2D eigenvalue weighted by molar-refractivity contribution is 5.47. The minimum atomic E-state index is -0.679. The fourth-order valence-corrected chi connectivity index (χ4v) is 1.33. The largest absolute Gasteiger partial charge is 0.393 e. The molecule has 0 aliphatic carbocycles. The summed E-state index contributed by atoms with van der Waals surface area (Å²) >= 11 is 0. The van der Waals surface area contributed by atoms with Crippen LogP contribution in [0.15, 0.2) is 12.5 Å². The minimum absolute atomic E-state index is 0.0744. The molecule has 1 aromatic heterocycles. The third-order valence-electron chi connectivity index (χ3n) is 2.21. The monoisotopic (exact) mass is 181 g/mol. The first-order chi connectivity index (χ1) is 6.26. The van der Waals surface area contributed by atoms with Crippen LogP contribution in [0.1, 0.15) is 12.5 Å². The number of aliphatic hydroxyl groups excluding tert-OH is 1. The molecule has 1 aromatic rings. The zero-order valence-corrected chi connectivity index (χ0v) is 7.32. The number of fused-ring (bicyclic) bond motifs is 1. The first-order valence-corrected chi connectivity index (χ1v) is 4.05. The second-order valence-corrected chi connectivity index (χ2v) is 3.14. The molecule has 2 rings (SSSR count). The predicted octanol–water partition coefficient (Wildman–Crippen LogP) is 0.0837.